The summed E-state index contributed by atoms with van der Waals surface area (Å²) in [6, 6.07) is 11.1. The van der Waals surface area contributed by atoms with Crippen LogP contribution < -0.4 is 5.32 Å². The van der Waals surface area contributed by atoms with Crippen LogP contribution in [0.1, 0.15) is 19.8 Å². The molecule has 0 unspecified atom stereocenters. The summed E-state index contributed by atoms with van der Waals surface area (Å²) in [6.45, 7) is 2.43. The normalized spacial score (nSPS) is 18.0. The number of hydrogen-bond donors (Lipinski definition) is 1. The number of anilines is 1. The highest BCUT2D eigenvalue weighted by molar-refractivity contribution is 8.15. The molecule has 8 heteroatoms. The number of amides is 2. The van der Waals surface area contributed by atoms with E-state index in [0.29, 0.717) is 23.1 Å². The third-order valence-corrected chi connectivity index (χ3v) is 5.19. The van der Waals surface area contributed by atoms with Gasteiger partial charge in [0, 0.05) is 18.7 Å². The Balaban J connectivity index is 1.71. The van der Waals surface area contributed by atoms with E-state index in [-0.39, 0.29) is 24.1 Å². The van der Waals surface area contributed by atoms with Crippen LogP contribution in [0.4, 0.5) is 20.2 Å². The number of carbonyl (C=O) groups is 2. The van der Waals surface area contributed by atoms with E-state index in [1.165, 1.54) is 60.3 Å². The molecule has 3 rings (SSSR count). The van der Waals surface area contributed by atoms with Gasteiger partial charge in [0.1, 0.15) is 16.9 Å². The van der Waals surface area contributed by atoms with E-state index in [2.05, 4.69) is 10.3 Å². The monoisotopic (exact) mass is 403 g/mol. The Labute approximate surface area is 165 Å². The highest BCUT2D eigenvalue weighted by atomic mass is 32.2. The van der Waals surface area contributed by atoms with Crippen LogP contribution in [0.2, 0.25) is 0 Å². The Hall–Kier alpha value is -2.74. The third-order valence-electron chi connectivity index (χ3n) is 4.02. The molecule has 1 aliphatic rings. The first kappa shape index (κ1) is 20.0. The van der Waals surface area contributed by atoms with Crippen LogP contribution in [0.3, 0.4) is 0 Å². The molecule has 0 aromatic heterocycles. The van der Waals surface area contributed by atoms with E-state index in [0.717, 1.165) is 6.42 Å². The van der Waals surface area contributed by atoms with E-state index < -0.39 is 11.1 Å². The van der Waals surface area contributed by atoms with Gasteiger partial charge >= 0.3 is 0 Å². The maximum absolute atomic E-state index is 13.1. The zero-order chi connectivity index (χ0) is 20.1. The Morgan fingerprint density at radius 1 is 1.11 bits per heavy atom. The first-order valence-corrected chi connectivity index (χ1v) is 9.72. The maximum atomic E-state index is 13.1. The van der Waals surface area contributed by atoms with Crippen molar-refractivity contribution in [3.63, 3.8) is 0 Å². The number of hydrogen-bond acceptors (Lipinski definition) is 4. The topological polar surface area (TPSA) is 61.8 Å². The molecule has 2 amide bonds. The van der Waals surface area contributed by atoms with Crippen molar-refractivity contribution in [3.8, 4) is 0 Å². The summed E-state index contributed by atoms with van der Waals surface area (Å²) >= 11 is 1.22. The minimum atomic E-state index is -0.591. The van der Waals surface area contributed by atoms with Gasteiger partial charge in [-0.15, -0.1) is 0 Å². The molecule has 0 bridgehead atoms. The van der Waals surface area contributed by atoms with Crippen LogP contribution in [0.15, 0.2) is 53.5 Å². The molecular formula is C20H19F2N3O2S. The van der Waals surface area contributed by atoms with Gasteiger partial charge in [0.25, 0.3) is 0 Å². The SMILES string of the molecule is CCCN1C(=O)[C@@H](CC(=O)Nc2ccc(F)cc2)SC1=Nc1ccc(F)cc1. The van der Waals surface area contributed by atoms with Gasteiger partial charge in [-0.25, -0.2) is 13.8 Å². The number of thioether (sulfide) groups is 1. The molecule has 1 heterocycles. The molecule has 28 heavy (non-hydrogen) atoms. The average molecular weight is 403 g/mol. The fourth-order valence-corrected chi connectivity index (χ4v) is 3.88. The second kappa shape index (κ2) is 8.97. The standard InChI is InChI=1S/C20H19F2N3O2S/c1-2-11-25-19(27)17(12-18(26)23-15-7-3-13(21)4-8-15)28-20(25)24-16-9-5-14(22)6-10-16/h3-10,17H,2,11-12H2,1H3,(H,23,26)/t17-/m1/s1. The van der Waals surface area contributed by atoms with Crippen LogP contribution in [-0.4, -0.2) is 33.7 Å². The Morgan fingerprint density at radius 2 is 1.71 bits per heavy atom. The molecule has 1 saturated heterocycles. The first-order valence-electron chi connectivity index (χ1n) is 8.84. The molecule has 2 aromatic carbocycles. The molecule has 5 nitrogen and oxygen atoms in total. The molecule has 0 radical (unpaired) electrons. The maximum Gasteiger partial charge on any atom is 0.242 e. The van der Waals surface area contributed by atoms with Crippen LogP contribution in [0.5, 0.6) is 0 Å². The van der Waals surface area contributed by atoms with Gasteiger partial charge in [0.2, 0.25) is 11.8 Å². The fourth-order valence-electron chi connectivity index (χ4n) is 2.69. The number of aliphatic imine (C=N–C) groups is 1. The zero-order valence-electron chi connectivity index (χ0n) is 15.2. The lowest BCUT2D eigenvalue weighted by molar-refractivity contribution is -0.128. The van der Waals surface area contributed by atoms with Gasteiger partial charge in [0.15, 0.2) is 5.17 Å². The van der Waals surface area contributed by atoms with Crippen LogP contribution >= 0.6 is 11.8 Å². The summed E-state index contributed by atoms with van der Waals surface area (Å²) in [5.41, 5.74) is 1.00. The Kier molecular flexibility index (Phi) is 6.41. The molecule has 146 valence electrons. The summed E-state index contributed by atoms with van der Waals surface area (Å²) in [7, 11) is 0. The summed E-state index contributed by atoms with van der Waals surface area (Å²) < 4.78 is 26.0. The van der Waals surface area contributed by atoms with E-state index >= 15 is 0 Å². The van der Waals surface area contributed by atoms with Crippen molar-refractivity contribution in [3.05, 3.63) is 60.2 Å². The van der Waals surface area contributed by atoms with E-state index in [1.807, 2.05) is 6.92 Å². The minimum absolute atomic E-state index is 0.0243. The molecule has 0 saturated carbocycles. The van der Waals surface area contributed by atoms with Gasteiger partial charge in [-0.1, -0.05) is 18.7 Å². The van der Waals surface area contributed by atoms with Crippen molar-refractivity contribution >= 4 is 40.1 Å². The number of halogens is 2. The molecule has 2 aromatic rings. The third kappa shape index (κ3) is 4.95. The number of carbonyl (C=O) groups excluding carboxylic acids is 2. The molecule has 0 spiro atoms. The largest absolute Gasteiger partial charge is 0.326 e. The lowest BCUT2D eigenvalue weighted by Crippen LogP contribution is -2.34. The van der Waals surface area contributed by atoms with Gasteiger partial charge < -0.3 is 5.32 Å². The number of benzene rings is 2. The zero-order valence-corrected chi connectivity index (χ0v) is 16.0. The Morgan fingerprint density at radius 3 is 2.32 bits per heavy atom. The smallest absolute Gasteiger partial charge is 0.242 e. The second-order valence-corrected chi connectivity index (χ2v) is 7.40. The van der Waals surface area contributed by atoms with Gasteiger partial charge in [-0.05, 0) is 55.0 Å². The first-order chi connectivity index (χ1) is 13.5. The number of amidine groups is 1. The second-order valence-electron chi connectivity index (χ2n) is 6.23. The summed E-state index contributed by atoms with van der Waals surface area (Å²) in [5.74, 6) is -1.27. The quantitative estimate of drug-likeness (QED) is 0.781. The van der Waals surface area contributed by atoms with Crippen molar-refractivity contribution in [2.45, 2.75) is 25.0 Å². The number of nitrogens with one attached hydrogen (secondary N) is 1. The predicted octanol–water partition coefficient (Wildman–Crippen LogP) is 4.34. The number of nitrogens with zero attached hydrogens (tertiary/aromatic N) is 2. The Bertz CT molecular complexity index is 885. The van der Waals surface area contributed by atoms with Crippen molar-refractivity contribution in [1.82, 2.24) is 4.90 Å². The van der Waals surface area contributed by atoms with Gasteiger partial charge in [0.05, 0.1) is 5.69 Å². The summed E-state index contributed by atoms with van der Waals surface area (Å²) in [6.07, 6.45) is 0.715. The minimum Gasteiger partial charge on any atom is -0.326 e. The van der Waals surface area contributed by atoms with Crippen LogP contribution in [0, 0.1) is 11.6 Å². The molecule has 1 aliphatic heterocycles. The van der Waals surface area contributed by atoms with Crippen molar-refractivity contribution in [2.75, 3.05) is 11.9 Å². The average Bonchev–Trinajstić information content (AvgIpc) is 2.94. The van der Waals surface area contributed by atoms with Crippen molar-refractivity contribution in [2.24, 2.45) is 4.99 Å². The van der Waals surface area contributed by atoms with Crippen molar-refractivity contribution in [1.29, 1.82) is 0 Å². The van der Waals surface area contributed by atoms with Crippen molar-refractivity contribution < 1.29 is 18.4 Å². The van der Waals surface area contributed by atoms with Crippen LogP contribution in [0.25, 0.3) is 0 Å². The molecule has 1 N–H and O–H groups in total. The van der Waals surface area contributed by atoms with Gasteiger partial charge in [-0.3, -0.25) is 14.5 Å². The van der Waals surface area contributed by atoms with E-state index in [1.54, 1.807) is 4.90 Å². The highest BCUT2D eigenvalue weighted by Crippen LogP contribution is 2.32. The predicted molar refractivity (Wildman–Crippen MR) is 107 cm³/mol. The van der Waals surface area contributed by atoms with E-state index in [4.69, 9.17) is 0 Å². The van der Waals surface area contributed by atoms with Gasteiger partial charge in [-0.2, -0.15) is 0 Å². The lowest BCUT2D eigenvalue weighted by Gasteiger charge is -2.15. The summed E-state index contributed by atoms with van der Waals surface area (Å²) in [4.78, 5) is 31.0. The van der Waals surface area contributed by atoms with Crippen LogP contribution in [-0.2, 0) is 9.59 Å². The fraction of sp³-hybridized carbons (Fsp3) is 0.250. The molecule has 1 atom stereocenters. The van der Waals surface area contributed by atoms with E-state index in [9.17, 15) is 18.4 Å². The number of rotatable bonds is 6. The lowest BCUT2D eigenvalue weighted by atomic mass is 10.2. The molecule has 1 fully saturated rings. The summed E-state index contributed by atoms with van der Waals surface area (Å²) in [5, 5.41) is 2.57. The molecular weight excluding hydrogens is 384 g/mol. The highest BCUT2D eigenvalue weighted by Gasteiger charge is 2.38. The molecule has 0 aliphatic carbocycles.